The third kappa shape index (κ3) is 8.38. The average molecular weight is 428 g/mol. The molecule has 0 aliphatic carbocycles. The van der Waals surface area contributed by atoms with Gasteiger partial charge in [-0.2, -0.15) is 0 Å². The Kier molecular flexibility index (Phi) is 9.35. The molecule has 0 radical (unpaired) electrons. The van der Waals surface area contributed by atoms with Gasteiger partial charge in [0, 0.05) is 31.1 Å². The fourth-order valence-corrected chi connectivity index (χ4v) is 2.71. The van der Waals surface area contributed by atoms with E-state index in [9.17, 15) is 14.4 Å². The fourth-order valence-electron chi connectivity index (χ4n) is 2.71. The molecular formula is C23H29N3O5. The fraction of sp³-hybridized carbons (Fsp3) is 0.348. The first kappa shape index (κ1) is 23.7. The van der Waals surface area contributed by atoms with Crippen LogP contribution in [0.3, 0.4) is 0 Å². The molecule has 3 N–H and O–H groups in total. The summed E-state index contributed by atoms with van der Waals surface area (Å²) in [5, 5.41) is 8.25. The van der Waals surface area contributed by atoms with Crippen molar-refractivity contribution in [3.8, 4) is 11.5 Å². The van der Waals surface area contributed by atoms with Crippen LogP contribution in [0.15, 0.2) is 48.5 Å². The lowest BCUT2D eigenvalue weighted by molar-refractivity contribution is -0.123. The summed E-state index contributed by atoms with van der Waals surface area (Å²) in [4.78, 5) is 36.0. The maximum Gasteiger partial charge on any atom is 0.258 e. The molecule has 31 heavy (non-hydrogen) atoms. The Bertz CT molecular complexity index is 884. The second-order valence-corrected chi connectivity index (χ2v) is 7.14. The van der Waals surface area contributed by atoms with Gasteiger partial charge in [0.2, 0.25) is 5.91 Å². The number of hydrogen-bond acceptors (Lipinski definition) is 5. The van der Waals surface area contributed by atoms with Gasteiger partial charge in [0.1, 0.15) is 0 Å². The van der Waals surface area contributed by atoms with E-state index in [2.05, 4.69) is 16.0 Å². The van der Waals surface area contributed by atoms with Crippen molar-refractivity contribution < 1.29 is 23.9 Å². The topological polar surface area (TPSA) is 106 Å². The Hall–Kier alpha value is -3.55. The van der Waals surface area contributed by atoms with Gasteiger partial charge in [-0.3, -0.25) is 14.4 Å². The molecule has 0 heterocycles. The monoisotopic (exact) mass is 427 g/mol. The third-order valence-corrected chi connectivity index (χ3v) is 4.20. The Morgan fingerprint density at radius 1 is 0.935 bits per heavy atom. The number of benzene rings is 2. The molecule has 0 fully saturated rings. The van der Waals surface area contributed by atoms with Crippen LogP contribution >= 0.6 is 0 Å². The van der Waals surface area contributed by atoms with Gasteiger partial charge in [-0.05, 0) is 37.6 Å². The van der Waals surface area contributed by atoms with E-state index in [0.29, 0.717) is 23.6 Å². The number of nitrogens with one attached hydrogen (secondary N) is 3. The number of ether oxygens (including phenoxy) is 2. The summed E-state index contributed by atoms with van der Waals surface area (Å²) in [6, 6.07) is 14.3. The standard InChI is InChI=1S/C23H29N3O5/c1-16(2)26-22(28)15-31-19-10-9-18(13-20(19)30-3)23(29)24-12-11-21(27)25-14-17-7-5-4-6-8-17/h4-10,13,16H,11-12,14-15H2,1-3H3,(H,24,29)(H,25,27)(H,26,28). The lowest BCUT2D eigenvalue weighted by Crippen LogP contribution is -2.34. The molecule has 2 aromatic carbocycles. The minimum absolute atomic E-state index is 0.0180. The minimum atomic E-state index is -0.335. The Morgan fingerprint density at radius 3 is 2.35 bits per heavy atom. The molecule has 0 saturated heterocycles. The molecule has 8 heteroatoms. The van der Waals surface area contributed by atoms with Gasteiger partial charge in [0.15, 0.2) is 18.1 Å². The molecule has 3 amide bonds. The second kappa shape index (κ2) is 12.2. The molecule has 0 atom stereocenters. The van der Waals surface area contributed by atoms with Crippen molar-refractivity contribution in [2.24, 2.45) is 0 Å². The van der Waals surface area contributed by atoms with Crippen molar-refractivity contribution in [2.45, 2.75) is 32.9 Å². The van der Waals surface area contributed by atoms with Gasteiger partial charge in [-0.25, -0.2) is 0 Å². The third-order valence-electron chi connectivity index (χ3n) is 4.20. The largest absolute Gasteiger partial charge is 0.493 e. The quantitative estimate of drug-likeness (QED) is 0.509. The zero-order chi connectivity index (χ0) is 22.6. The van der Waals surface area contributed by atoms with Crippen LogP contribution in [-0.2, 0) is 16.1 Å². The van der Waals surface area contributed by atoms with Crippen molar-refractivity contribution in [3.05, 3.63) is 59.7 Å². The number of carbonyl (C=O) groups is 3. The van der Waals surface area contributed by atoms with Crippen LogP contribution in [0.4, 0.5) is 0 Å². The summed E-state index contributed by atoms with van der Waals surface area (Å²) in [6.07, 6.45) is 0.169. The molecule has 0 bridgehead atoms. The van der Waals surface area contributed by atoms with Crippen molar-refractivity contribution >= 4 is 17.7 Å². The highest BCUT2D eigenvalue weighted by molar-refractivity contribution is 5.95. The summed E-state index contributed by atoms with van der Waals surface area (Å²) < 4.78 is 10.7. The summed E-state index contributed by atoms with van der Waals surface area (Å²) in [5.41, 5.74) is 1.37. The zero-order valence-electron chi connectivity index (χ0n) is 18.1. The van der Waals surface area contributed by atoms with Gasteiger partial charge in [0.25, 0.3) is 11.8 Å². The lowest BCUT2D eigenvalue weighted by atomic mass is 10.2. The molecule has 2 rings (SSSR count). The number of methoxy groups -OCH3 is 1. The van der Waals surface area contributed by atoms with Gasteiger partial charge < -0.3 is 25.4 Å². The van der Waals surface area contributed by atoms with Crippen molar-refractivity contribution in [1.29, 1.82) is 0 Å². The minimum Gasteiger partial charge on any atom is -0.493 e. The normalized spacial score (nSPS) is 10.3. The first-order chi connectivity index (χ1) is 14.9. The molecule has 2 aromatic rings. The van der Waals surface area contributed by atoms with Gasteiger partial charge in [-0.15, -0.1) is 0 Å². The van der Waals surface area contributed by atoms with Crippen molar-refractivity contribution in [3.63, 3.8) is 0 Å². The van der Waals surface area contributed by atoms with Crippen LogP contribution in [0.5, 0.6) is 11.5 Å². The second-order valence-electron chi connectivity index (χ2n) is 7.14. The highest BCUT2D eigenvalue weighted by Gasteiger charge is 2.13. The van der Waals surface area contributed by atoms with E-state index in [-0.39, 0.29) is 43.3 Å². The van der Waals surface area contributed by atoms with Crippen molar-refractivity contribution in [2.75, 3.05) is 20.3 Å². The summed E-state index contributed by atoms with van der Waals surface area (Å²) >= 11 is 0. The molecular weight excluding hydrogens is 398 g/mol. The van der Waals surface area contributed by atoms with Crippen molar-refractivity contribution in [1.82, 2.24) is 16.0 Å². The summed E-state index contributed by atoms with van der Waals surface area (Å²) in [5.74, 6) is -0.0309. The molecule has 0 aliphatic heterocycles. The highest BCUT2D eigenvalue weighted by Crippen LogP contribution is 2.28. The van der Waals surface area contributed by atoms with E-state index in [1.165, 1.54) is 13.2 Å². The first-order valence-electron chi connectivity index (χ1n) is 10.1. The first-order valence-corrected chi connectivity index (χ1v) is 10.1. The molecule has 0 aromatic heterocycles. The average Bonchev–Trinajstić information content (AvgIpc) is 2.76. The Morgan fingerprint density at radius 2 is 1.68 bits per heavy atom. The predicted octanol–water partition coefficient (Wildman–Crippen LogP) is 2.03. The SMILES string of the molecule is COc1cc(C(=O)NCCC(=O)NCc2ccccc2)ccc1OCC(=O)NC(C)C. The predicted molar refractivity (Wildman–Crippen MR) is 117 cm³/mol. The molecule has 0 saturated carbocycles. The molecule has 0 aliphatic rings. The van der Waals surface area contributed by atoms with Gasteiger partial charge >= 0.3 is 0 Å². The highest BCUT2D eigenvalue weighted by atomic mass is 16.5. The number of hydrogen-bond donors (Lipinski definition) is 3. The van der Waals surface area contributed by atoms with Crippen LogP contribution in [-0.4, -0.2) is 44.0 Å². The van der Waals surface area contributed by atoms with E-state index in [0.717, 1.165) is 5.56 Å². The number of rotatable bonds is 11. The molecule has 166 valence electrons. The smallest absolute Gasteiger partial charge is 0.258 e. The Balaban J connectivity index is 1.80. The van der Waals surface area contributed by atoms with Crippen LogP contribution in [0.2, 0.25) is 0 Å². The zero-order valence-corrected chi connectivity index (χ0v) is 18.1. The lowest BCUT2D eigenvalue weighted by Gasteiger charge is -2.13. The van der Waals surface area contributed by atoms with Crippen LogP contribution in [0.25, 0.3) is 0 Å². The van der Waals surface area contributed by atoms with E-state index < -0.39 is 0 Å². The molecule has 0 spiro atoms. The Labute approximate surface area is 182 Å². The molecule has 0 unspecified atom stereocenters. The van der Waals surface area contributed by atoms with Gasteiger partial charge in [0.05, 0.1) is 7.11 Å². The maximum atomic E-state index is 12.4. The van der Waals surface area contributed by atoms with Gasteiger partial charge in [-0.1, -0.05) is 30.3 Å². The van der Waals surface area contributed by atoms with E-state index >= 15 is 0 Å². The van der Waals surface area contributed by atoms with E-state index in [4.69, 9.17) is 9.47 Å². The van der Waals surface area contributed by atoms with E-state index in [1.54, 1.807) is 12.1 Å². The molecule has 8 nitrogen and oxygen atoms in total. The van der Waals surface area contributed by atoms with Crippen LogP contribution < -0.4 is 25.4 Å². The van der Waals surface area contributed by atoms with Crippen LogP contribution in [0.1, 0.15) is 36.2 Å². The maximum absolute atomic E-state index is 12.4. The summed E-state index contributed by atoms with van der Waals surface area (Å²) in [7, 11) is 1.45. The summed E-state index contributed by atoms with van der Waals surface area (Å²) in [6.45, 7) is 4.21. The van der Waals surface area contributed by atoms with E-state index in [1.807, 2.05) is 44.2 Å². The number of carbonyl (C=O) groups excluding carboxylic acids is 3. The number of amides is 3. The van der Waals surface area contributed by atoms with Crippen LogP contribution in [0, 0.1) is 0 Å².